The van der Waals surface area contributed by atoms with Crippen molar-refractivity contribution in [2.24, 2.45) is 0 Å². The molecule has 0 saturated carbocycles. The zero-order valence-corrected chi connectivity index (χ0v) is 15.1. The van der Waals surface area contributed by atoms with E-state index in [1.54, 1.807) is 11.3 Å². The summed E-state index contributed by atoms with van der Waals surface area (Å²) in [6.07, 6.45) is 0.834. The summed E-state index contributed by atoms with van der Waals surface area (Å²) in [6.45, 7) is 2.01. The summed E-state index contributed by atoms with van der Waals surface area (Å²) in [5.41, 5.74) is 1.25. The van der Waals surface area contributed by atoms with Crippen molar-refractivity contribution < 1.29 is 8.42 Å². The third-order valence-electron chi connectivity index (χ3n) is 2.92. The van der Waals surface area contributed by atoms with Crippen molar-refractivity contribution in [3.63, 3.8) is 0 Å². The number of hydrogen-bond donors (Lipinski definition) is 0. The molecule has 0 aliphatic rings. The predicted octanol–water partition coefficient (Wildman–Crippen LogP) is 4.01. The van der Waals surface area contributed by atoms with Gasteiger partial charge in [0, 0.05) is 10.8 Å². The van der Waals surface area contributed by atoms with Gasteiger partial charge >= 0.3 is 0 Å². The number of aromatic nitrogens is 2. The first-order valence-corrected chi connectivity index (χ1v) is 11.1. The molecule has 0 bridgehead atoms. The van der Waals surface area contributed by atoms with Gasteiger partial charge in [0.15, 0.2) is 9.84 Å². The molecule has 8 heteroatoms. The topological polar surface area (TPSA) is 59.9 Å². The van der Waals surface area contributed by atoms with Crippen LogP contribution in [0.3, 0.4) is 0 Å². The minimum atomic E-state index is -3.25. The van der Waals surface area contributed by atoms with Gasteiger partial charge in [-0.15, -0.1) is 34.0 Å². The Kier molecular flexibility index (Phi) is 4.72. The van der Waals surface area contributed by atoms with E-state index in [1.165, 1.54) is 22.7 Å². The summed E-state index contributed by atoms with van der Waals surface area (Å²) in [5.74, 6) is -0.0524. The summed E-state index contributed by atoms with van der Waals surface area (Å²) >= 11 is 4.60. The lowest BCUT2D eigenvalue weighted by atomic mass is 10.5. The minimum Gasteiger partial charge on any atom is -0.245 e. The highest BCUT2D eigenvalue weighted by molar-refractivity contribution is 7.89. The number of aryl methyl sites for hydroxylation is 1. The molecule has 0 N–H and O–H groups in total. The first-order valence-electron chi connectivity index (χ1n) is 6.68. The summed E-state index contributed by atoms with van der Waals surface area (Å²) in [4.78, 5) is 9.83. The van der Waals surface area contributed by atoms with E-state index in [1.807, 2.05) is 35.2 Å². The Morgan fingerprint density at radius 3 is 2.41 bits per heavy atom. The van der Waals surface area contributed by atoms with E-state index in [9.17, 15) is 8.42 Å². The van der Waals surface area contributed by atoms with Gasteiger partial charge in [0.2, 0.25) is 0 Å². The van der Waals surface area contributed by atoms with Crippen molar-refractivity contribution in [2.75, 3.05) is 0 Å². The molecule has 0 aliphatic heterocycles. The molecule has 22 heavy (non-hydrogen) atoms. The average Bonchev–Trinajstić information content (AvgIpc) is 3.17. The largest absolute Gasteiger partial charge is 0.245 e. The van der Waals surface area contributed by atoms with E-state index in [4.69, 9.17) is 0 Å². The fraction of sp³-hybridized carbons (Fsp3) is 0.286. The Labute approximate surface area is 141 Å². The summed E-state index contributed by atoms with van der Waals surface area (Å²) in [6, 6.07) is 3.95. The van der Waals surface area contributed by atoms with Crippen LogP contribution in [0.5, 0.6) is 0 Å². The predicted molar refractivity (Wildman–Crippen MR) is 93.2 cm³/mol. The zero-order chi connectivity index (χ0) is 15.6. The number of hydrogen-bond acceptors (Lipinski definition) is 7. The molecule has 3 aromatic heterocycles. The van der Waals surface area contributed by atoms with E-state index in [0.717, 1.165) is 21.3 Å². The number of sulfone groups is 1. The Balaban J connectivity index is 1.71. The number of thiazole rings is 2. The summed E-state index contributed by atoms with van der Waals surface area (Å²) in [5, 5.41) is 7.49. The maximum atomic E-state index is 12.3. The molecule has 3 rings (SSSR count). The molecule has 0 atom stereocenters. The van der Waals surface area contributed by atoms with Crippen LogP contribution in [0, 0.1) is 0 Å². The fourth-order valence-corrected chi connectivity index (χ4v) is 5.85. The molecule has 0 amide bonds. The van der Waals surface area contributed by atoms with Crippen molar-refractivity contribution in [2.45, 2.75) is 24.9 Å². The quantitative estimate of drug-likeness (QED) is 0.658. The van der Waals surface area contributed by atoms with Gasteiger partial charge in [0.05, 0.1) is 32.8 Å². The average molecular weight is 371 g/mol. The molecule has 0 aliphatic carbocycles. The normalized spacial score (nSPS) is 11.9. The summed E-state index contributed by atoms with van der Waals surface area (Å²) < 4.78 is 24.6. The standard InChI is InChI=1S/C14H14N2O2S4/c1-2-13-15-10(6-20-13)8-22(17,18)9-11-7-21-14(16-11)12-4-3-5-19-12/h3-7H,2,8-9H2,1H3. The molecule has 116 valence electrons. The molecule has 0 spiro atoms. The monoisotopic (exact) mass is 370 g/mol. The second-order valence-corrected chi connectivity index (χ2v) is 9.55. The van der Waals surface area contributed by atoms with Crippen LogP contribution in [0.4, 0.5) is 0 Å². The molecule has 0 radical (unpaired) electrons. The van der Waals surface area contributed by atoms with Gasteiger partial charge < -0.3 is 0 Å². The minimum absolute atomic E-state index is 0.0185. The highest BCUT2D eigenvalue weighted by atomic mass is 32.2. The van der Waals surface area contributed by atoms with Gasteiger partial charge in [0.25, 0.3) is 0 Å². The van der Waals surface area contributed by atoms with Crippen molar-refractivity contribution in [1.29, 1.82) is 0 Å². The van der Waals surface area contributed by atoms with E-state index in [2.05, 4.69) is 9.97 Å². The van der Waals surface area contributed by atoms with E-state index in [-0.39, 0.29) is 11.5 Å². The maximum Gasteiger partial charge on any atom is 0.161 e. The van der Waals surface area contributed by atoms with Crippen LogP contribution < -0.4 is 0 Å². The van der Waals surface area contributed by atoms with Crippen LogP contribution in [0.25, 0.3) is 9.88 Å². The first-order chi connectivity index (χ1) is 10.6. The SMILES string of the molecule is CCc1nc(CS(=O)(=O)Cc2csc(-c3cccs3)n2)cs1. The molecule has 4 nitrogen and oxygen atoms in total. The molecular formula is C14H14N2O2S4. The lowest BCUT2D eigenvalue weighted by molar-refractivity contribution is 0.593. The van der Waals surface area contributed by atoms with Crippen LogP contribution in [-0.2, 0) is 27.8 Å². The van der Waals surface area contributed by atoms with Gasteiger partial charge in [-0.05, 0) is 17.9 Å². The highest BCUT2D eigenvalue weighted by Crippen LogP contribution is 2.28. The smallest absolute Gasteiger partial charge is 0.161 e. The summed E-state index contributed by atoms with van der Waals surface area (Å²) in [7, 11) is -3.25. The van der Waals surface area contributed by atoms with E-state index >= 15 is 0 Å². The van der Waals surface area contributed by atoms with Crippen LogP contribution in [0.15, 0.2) is 28.3 Å². The van der Waals surface area contributed by atoms with Gasteiger partial charge in [-0.25, -0.2) is 18.4 Å². The van der Waals surface area contributed by atoms with Gasteiger partial charge in [-0.1, -0.05) is 13.0 Å². The molecule has 0 unspecified atom stereocenters. The Bertz CT molecular complexity index is 847. The van der Waals surface area contributed by atoms with Crippen molar-refractivity contribution in [3.05, 3.63) is 44.7 Å². The van der Waals surface area contributed by atoms with Gasteiger partial charge in [0.1, 0.15) is 5.01 Å². The third kappa shape index (κ3) is 3.81. The van der Waals surface area contributed by atoms with Crippen LogP contribution in [-0.4, -0.2) is 18.4 Å². The van der Waals surface area contributed by atoms with Crippen LogP contribution in [0.2, 0.25) is 0 Å². The number of rotatable bonds is 6. The zero-order valence-electron chi connectivity index (χ0n) is 11.9. The van der Waals surface area contributed by atoms with Crippen molar-refractivity contribution >= 4 is 43.8 Å². The molecule has 0 aromatic carbocycles. The lowest BCUT2D eigenvalue weighted by Crippen LogP contribution is -2.08. The second-order valence-electron chi connectivity index (χ2n) is 4.74. The Hall–Kier alpha value is -1.09. The fourth-order valence-electron chi connectivity index (χ4n) is 1.97. The molecular weight excluding hydrogens is 356 g/mol. The third-order valence-corrected chi connectivity index (χ3v) is 7.36. The van der Waals surface area contributed by atoms with E-state index in [0.29, 0.717) is 11.4 Å². The van der Waals surface area contributed by atoms with Crippen LogP contribution in [0.1, 0.15) is 23.3 Å². The second kappa shape index (κ2) is 6.57. The molecule has 3 aromatic rings. The van der Waals surface area contributed by atoms with Crippen molar-refractivity contribution in [3.8, 4) is 9.88 Å². The molecule has 0 fully saturated rings. The van der Waals surface area contributed by atoms with E-state index < -0.39 is 9.84 Å². The lowest BCUT2D eigenvalue weighted by Gasteiger charge is -1.99. The molecule has 0 saturated heterocycles. The number of nitrogens with zero attached hydrogens (tertiary/aromatic N) is 2. The van der Waals surface area contributed by atoms with Gasteiger partial charge in [-0.3, -0.25) is 0 Å². The Morgan fingerprint density at radius 2 is 1.77 bits per heavy atom. The van der Waals surface area contributed by atoms with Crippen molar-refractivity contribution in [1.82, 2.24) is 9.97 Å². The first kappa shape index (κ1) is 15.8. The maximum absolute atomic E-state index is 12.3. The van der Waals surface area contributed by atoms with Crippen LogP contribution >= 0.6 is 34.0 Å². The Morgan fingerprint density at radius 1 is 1.05 bits per heavy atom. The van der Waals surface area contributed by atoms with Gasteiger partial charge in [-0.2, -0.15) is 0 Å². The molecule has 3 heterocycles. The number of thiophene rings is 1. The highest BCUT2D eigenvalue weighted by Gasteiger charge is 2.17.